The number of phenols is 2. The number of benzene rings is 2. The van der Waals surface area contributed by atoms with Gasteiger partial charge in [0.15, 0.2) is 0 Å². The van der Waals surface area contributed by atoms with Crippen molar-refractivity contribution in [3.05, 3.63) is 57.6 Å². The predicted octanol–water partition coefficient (Wildman–Crippen LogP) is 2.98. The first-order chi connectivity index (χ1) is 15.5. The molecule has 0 spiro atoms. The number of fused-ring (bicyclic) bond motifs is 6. The van der Waals surface area contributed by atoms with Crippen molar-refractivity contribution in [2.45, 2.75) is 26.4 Å². The van der Waals surface area contributed by atoms with Gasteiger partial charge in [-0.3, -0.25) is 25.2 Å². The molecule has 2 aromatic carbocycles. The van der Waals surface area contributed by atoms with Crippen molar-refractivity contribution in [3.8, 4) is 11.5 Å². The average molecular weight is 434 g/mol. The Morgan fingerprint density at radius 2 is 1.34 bits per heavy atom. The summed E-state index contributed by atoms with van der Waals surface area (Å²) in [5.41, 5.74) is 5.15. The number of phenolic OH excluding ortho intramolecular Hbond substituents is 2. The van der Waals surface area contributed by atoms with Gasteiger partial charge in [-0.25, -0.2) is 0 Å². The molecule has 7 nitrogen and oxygen atoms in total. The van der Waals surface area contributed by atoms with Crippen molar-refractivity contribution in [1.82, 2.24) is 10.2 Å². The lowest BCUT2D eigenvalue weighted by atomic mass is 10.0. The van der Waals surface area contributed by atoms with Crippen LogP contribution in [0, 0.1) is 13.8 Å². The maximum atomic E-state index is 10.9. The highest BCUT2D eigenvalue weighted by Crippen LogP contribution is 2.32. The molecule has 0 radical (unpaired) electrons. The van der Waals surface area contributed by atoms with E-state index in [-0.39, 0.29) is 17.7 Å². The molecule has 2 heterocycles. The standard InChI is InChI=1S/C25H31N5O2/c1-17-10-19-14-26-4-3-5-27-16-21-12-18(2)13-22(24(21)32)25-29-7-9-30(25)8-6-28-15-20(11-17)23(19)31/h10-16,25,29,31-32H,3-9H2,1-2H3. The molecule has 0 aromatic heterocycles. The highest BCUT2D eigenvalue weighted by atomic mass is 16.3. The number of hydrogen-bond acceptors (Lipinski definition) is 7. The molecule has 2 aliphatic heterocycles. The molecule has 1 fully saturated rings. The molecule has 2 aliphatic rings. The average Bonchev–Trinajstić information content (AvgIpc) is 3.23. The van der Waals surface area contributed by atoms with Crippen LogP contribution in [0.3, 0.4) is 0 Å². The van der Waals surface area contributed by atoms with Gasteiger partial charge >= 0.3 is 0 Å². The molecular formula is C25H31N5O2. The summed E-state index contributed by atoms with van der Waals surface area (Å²) in [6.45, 7) is 8.34. The molecule has 4 rings (SSSR count). The number of aromatic hydroxyl groups is 2. The third-order valence-electron chi connectivity index (χ3n) is 5.80. The minimum absolute atomic E-state index is 0.0632. The third kappa shape index (κ3) is 5.06. The first-order valence-corrected chi connectivity index (χ1v) is 11.2. The van der Waals surface area contributed by atoms with Crippen molar-refractivity contribution in [1.29, 1.82) is 0 Å². The Morgan fingerprint density at radius 3 is 2.00 bits per heavy atom. The Hall–Kier alpha value is -3.03. The lowest BCUT2D eigenvalue weighted by Crippen LogP contribution is -2.30. The summed E-state index contributed by atoms with van der Waals surface area (Å²) in [5.74, 6) is 0.482. The van der Waals surface area contributed by atoms with Crippen molar-refractivity contribution in [2.75, 3.05) is 39.3 Å². The summed E-state index contributed by atoms with van der Waals surface area (Å²) >= 11 is 0. The van der Waals surface area contributed by atoms with Crippen LogP contribution >= 0.6 is 0 Å². The van der Waals surface area contributed by atoms with Gasteiger partial charge in [-0.2, -0.15) is 0 Å². The van der Waals surface area contributed by atoms with E-state index in [1.165, 1.54) is 0 Å². The van der Waals surface area contributed by atoms with Gasteiger partial charge in [0.25, 0.3) is 0 Å². The third-order valence-corrected chi connectivity index (χ3v) is 5.80. The Labute approximate surface area is 189 Å². The van der Waals surface area contributed by atoms with E-state index >= 15 is 0 Å². The molecule has 4 bridgehead atoms. The van der Waals surface area contributed by atoms with Gasteiger partial charge in [0.2, 0.25) is 0 Å². The summed E-state index contributed by atoms with van der Waals surface area (Å²) in [6.07, 6.45) is 5.93. The highest BCUT2D eigenvalue weighted by molar-refractivity contribution is 5.92. The van der Waals surface area contributed by atoms with Crippen LogP contribution in [0.15, 0.2) is 39.2 Å². The number of nitrogens with zero attached hydrogens (tertiary/aromatic N) is 4. The zero-order valence-corrected chi connectivity index (χ0v) is 18.8. The van der Waals surface area contributed by atoms with Crippen molar-refractivity contribution in [3.63, 3.8) is 0 Å². The van der Waals surface area contributed by atoms with Crippen LogP contribution in [-0.4, -0.2) is 73.0 Å². The van der Waals surface area contributed by atoms with Gasteiger partial charge in [-0.05, 0) is 55.7 Å². The van der Waals surface area contributed by atoms with E-state index < -0.39 is 0 Å². The Bertz CT molecular complexity index is 1060. The Morgan fingerprint density at radius 1 is 0.781 bits per heavy atom. The van der Waals surface area contributed by atoms with Gasteiger partial charge in [0.1, 0.15) is 11.5 Å². The van der Waals surface area contributed by atoms with E-state index in [4.69, 9.17) is 0 Å². The summed E-state index contributed by atoms with van der Waals surface area (Å²) in [6, 6.07) is 7.86. The summed E-state index contributed by atoms with van der Waals surface area (Å²) in [7, 11) is 0. The molecule has 1 saturated heterocycles. The van der Waals surface area contributed by atoms with E-state index in [1.807, 2.05) is 38.1 Å². The topological polar surface area (TPSA) is 92.8 Å². The van der Waals surface area contributed by atoms with Crippen molar-refractivity contribution < 1.29 is 10.2 Å². The molecule has 2 aromatic rings. The normalized spacial score (nSPS) is 19.9. The molecule has 1 atom stereocenters. The first-order valence-electron chi connectivity index (χ1n) is 11.2. The number of aryl methyl sites for hydroxylation is 2. The summed E-state index contributed by atoms with van der Waals surface area (Å²) < 4.78 is 0. The van der Waals surface area contributed by atoms with E-state index in [1.54, 1.807) is 18.6 Å². The Kier molecular flexibility index (Phi) is 6.97. The van der Waals surface area contributed by atoms with Crippen molar-refractivity contribution >= 4 is 18.6 Å². The van der Waals surface area contributed by atoms with Crippen LogP contribution in [0.25, 0.3) is 0 Å². The zero-order valence-electron chi connectivity index (χ0n) is 18.8. The molecule has 0 saturated carbocycles. The lowest BCUT2D eigenvalue weighted by molar-refractivity contribution is 0.247. The fourth-order valence-corrected chi connectivity index (χ4v) is 4.25. The Balaban J connectivity index is 1.65. The maximum Gasteiger partial charge on any atom is 0.133 e. The minimum Gasteiger partial charge on any atom is -0.507 e. The van der Waals surface area contributed by atoms with Gasteiger partial charge in [-0.15, -0.1) is 0 Å². The van der Waals surface area contributed by atoms with Crippen LogP contribution < -0.4 is 5.32 Å². The van der Waals surface area contributed by atoms with E-state index in [0.29, 0.717) is 30.8 Å². The molecule has 7 heteroatoms. The molecular weight excluding hydrogens is 402 g/mol. The van der Waals surface area contributed by atoms with Crippen LogP contribution in [0.4, 0.5) is 0 Å². The van der Waals surface area contributed by atoms with Gasteiger partial charge < -0.3 is 10.2 Å². The molecule has 1 unspecified atom stereocenters. The van der Waals surface area contributed by atoms with Crippen LogP contribution in [0.2, 0.25) is 0 Å². The second-order valence-electron chi connectivity index (χ2n) is 8.44. The second kappa shape index (κ2) is 10.1. The number of nitrogens with one attached hydrogen (secondary N) is 1. The largest absolute Gasteiger partial charge is 0.507 e. The van der Waals surface area contributed by atoms with Gasteiger partial charge in [0, 0.05) is 73.6 Å². The summed E-state index contributed by atoms with van der Waals surface area (Å²) in [4.78, 5) is 15.8. The zero-order chi connectivity index (χ0) is 22.5. The molecule has 32 heavy (non-hydrogen) atoms. The monoisotopic (exact) mass is 433 g/mol. The van der Waals surface area contributed by atoms with Crippen LogP contribution in [0.5, 0.6) is 11.5 Å². The molecule has 3 N–H and O–H groups in total. The first kappa shape index (κ1) is 22.2. The number of rotatable bonds is 0. The minimum atomic E-state index is -0.0632. The van der Waals surface area contributed by atoms with Crippen LogP contribution in [0.1, 0.15) is 46.0 Å². The molecule has 168 valence electrons. The van der Waals surface area contributed by atoms with Crippen molar-refractivity contribution in [2.24, 2.45) is 15.0 Å². The highest BCUT2D eigenvalue weighted by Gasteiger charge is 2.28. The molecule has 0 amide bonds. The van der Waals surface area contributed by atoms with Gasteiger partial charge in [0.05, 0.1) is 12.7 Å². The van der Waals surface area contributed by atoms with E-state index in [2.05, 4.69) is 25.2 Å². The maximum absolute atomic E-state index is 10.9. The van der Waals surface area contributed by atoms with E-state index in [9.17, 15) is 10.2 Å². The summed E-state index contributed by atoms with van der Waals surface area (Å²) in [5, 5.41) is 25.1. The second-order valence-corrected chi connectivity index (χ2v) is 8.44. The van der Waals surface area contributed by atoms with E-state index in [0.717, 1.165) is 48.3 Å². The smallest absolute Gasteiger partial charge is 0.133 e. The lowest BCUT2D eigenvalue weighted by Gasteiger charge is -2.25. The van der Waals surface area contributed by atoms with Gasteiger partial charge in [-0.1, -0.05) is 0 Å². The number of hydrogen-bond donors (Lipinski definition) is 3. The SMILES string of the molecule is Cc1cc2c(O)c(c1)C=NCCN1CCNC1c1cc(C)cc(c1O)C=NCCCN=C2. The predicted molar refractivity (Wildman–Crippen MR) is 130 cm³/mol. The number of aliphatic imine (C=N–C) groups is 3. The molecule has 0 aliphatic carbocycles. The fraction of sp³-hybridized carbons (Fsp3) is 0.400. The van der Waals surface area contributed by atoms with Crippen LogP contribution in [-0.2, 0) is 0 Å². The quantitative estimate of drug-likeness (QED) is 0.596. The fourth-order valence-electron chi connectivity index (χ4n) is 4.25.